The number of benzene rings is 1. The molecule has 1 N–H and O–H groups in total. The minimum atomic E-state index is -4.55. The van der Waals surface area contributed by atoms with Gasteiger partial charge in [-0.1, -0.05) is 19.1 Å². The summed E-state index contributed by atoms with van der Waals surface area (Å²) in [6, 6.07) is 2.59. The maximum Gasteiger partial charge on any atom is 0.418 e. The number of nitrogens with zero attached hydrogens (tertiary/aromatic N) is 1. The largest absolute Gasteiger partial charge is 0.418 e. The Morgan fingerprint density at radius 2 is 2.05 bits per heavy atom. The van der Waals surface area contributed by atoms with Crippen molar-refractivity contribution in [3.63, 3.8) is 0 Å². The SMILES string of the molecule is CCCN1C(=O)C(NC(C)=O)c2cccc(C(F)(F)F)c21. The average Bonchev–Trinajstić information content (AvgIpc) is 2.63. The van der Waals surface area contributed by atoms with Crippen LogP contribution in [0.3, 0.4) is 0 Å². The van der Waals surface area contributed by atoms with E-state index in [-0.39, 0.29) is 17.8 Å². The minimum Gasteiger partial charge on any atom is -0.341 e. The van der Waals surface area contributed by atoms with Gasteiger partial charge in [0, 0.05) is 19.0 Å². The predicted octanol–water partition coefficient (Wildman–Crippen LogP) is 2.64. The van der Waals surface area contributed by atoms with Gasteiger partial charge in [-0.3, -0.25) is 9.59 Å². The number of hydrogen-bond acceptors (Lipinski definition) is 2. The first kappa shape index (κ1) is 15.3. The molecule has 0 fully saturated rings. The van der Waals surface area contributed by atoms with E-state index < -0.39 is 29.6 Å². The van der Waals surface area contributed by atoms with Crippen LogP contribution in [-0.4, -0.2) is 18.4 Å². The number of nitrogens with one attached hydrogen (secondary N) is 1. The fourth-order valence-electron chi connectivity index (χ4n) is 2.51. The van der Waals surface area contributed by atoms with Gasteiger partial charge >= 0.3 is 6.18 Å². The maximum atomic E-state index is 13.1. The van der Waals surface area contributed by atoms with Crippen molar-refractivity contribution in [1.82, 2.24) is 5.32 Å². The van der Waals surface area contributed by atoms with Gasteiger partial charge in [0.15, 0.2) is 0 Å². The van der Waals surface area contributed by atoms with Crippen LogP contribution in [0.4, 0.5) is 18.9 Å². The zero-order valence-electron chi connectivity index (χ0n) is 11.6. The molecule has 0 saturated carbocycles. The van der Waals surface area contributed by atoms with Crippen LogP contribution < -0.4 is 10.2 Å². The van der Waals surface area contributed by atoms with E-state index in [1.54, 1.807) is 6.92 Å². The zero-order chi connectivity index (χ0) is 15.8. The van der Waals surface area contributed by atoms with E-state index >= 15 is 0 Å². The van der Waals surface area contributed by atoms with Gasteiger partial charge in [0.2, 0.25) is 5.91 Å². The van der Waals surface area contributed by atoms with Crippen LogP contribution in [0.15, 0.2) is 18.2 Å². The third-order valence-electron chi connectivity index (χ3n) is 3.26. The molecule has 0 spiro atoms. The van der Waals surface area contributed by atoms with Gasteiger partial charge in [-0.15, -0.1) is 0 Å². The van der Waals surface area contributed by atoms with Crippen molar-refractivity contribution in [2.24, 2.45) is 0 Å². The summed E-state index contributed by atoms with van der Waals surface area (Å²) in [5.41, 5.74) is -0.802. The van der Waals surface area contributed by atoms with E-state index in [9.17, 15) is 22.8 Å². The molecule has 1 aromatic rings. The Bertz CT molecular complexity index is 584. The standard InChI is InChI=1S/C14H15F3N2O2/c1-3-7-19-12-9(11(13(19)21)18-8(2)20)5-4-6-10(12)14(15,16)17/h4-6,11H,3,7H2,1-2H3,(H,18,20). The van der Waals surface area contributed by atoms with Crippen molar-refractivity contribution in [2.45, 2.75) is 32.5 Å². The van der Waals surface area contributed by atoms with E-state index in [0.717, 1.165) is 11.0 Å². The van der Waals surface area contributed by atoms with Gasteiger partial charge in [-0.2, -0.15) is 13.2 Å². The molecule has 0 bridgehead atoms. The number of carbonyl (C=O) groups is 2. The molecule has 1 atom stereocenters. The molecular weight excluding hydrogens is 285 g/mol. The fourth-order valence-corrected chi connectivity index (χ4v) is 2.51. The number of fused-ring (bicyclic) bond motifs is 1. The summed E-state index contributed by atoms with van der Waals surface area (Å²) in [6.45, 7) is 3.17. The quantitative estimate of drug-likeness (QED) is 0.933. The molecule has 0 radical (unpaired) electrons. The van der Waals surface area contributed by atoms with Crippen LogP contribution in [0.25, 0.3) is 0 Å². The molecule has 0 aliphatic carbocycles. The predicted molar refractivity (Wildman–Crippen MR) is 70.6 cm³/mol. The molecule has 1 aromatic carbocycles. The second kappa shape index (κ2) is 5.38. The summed E-state index contributed by atoms with van der Waals surface area (Å²) in [7, 11) is 0. The Morgan fingerprint density at radius 1 is 1.38 bits per heavy atom. The van der Waals surface area contributed by atoms with Crippen LogP contribution in [-0.2, 0) is 15.8 Å². The Kier molecular flexibility index (Phi) is 3.93. The molecule has 1 aliphatic heterocycles. The highest BCUT2D eigenvalue weighted by atomic mass is 19.4. The summed E-state index contributed by atoms with van der Waals surface area (Å²) < 4.78 is 39.4. The Balaban J connectivity index is 2.59. The zero-order valence-corrected chi connectivity index (χ0v) is 11.6. The molecule has 2 rings (SSSR count). The van der Waals surface area contributed by atoms with Crippen molar-refractivity contribution in [2.75, 3.05) is 11.4 Å². The number of halogens is 3. The third-order valence-corrected chi connectivity index (χ3v) is 3.26. The van der Waals surface area contributed by atoms with Gasteiger partial charge in [-0.05, 0) is 12.5 Å². The topological polar surface area (TPSA) is 49.4 Å². The normalized spacial score (nSPS) is 17.9. The Morgan fingerprint density at radius 3 is 2.57 bits per heavy atom. The Hall–Kier alpha value is -2.05. The van der Waals surface area contributed by atoms with Gasteiger partial charge in [0.05, 0.1) is 11.3 Å². The van der Waals surface area contributed by atoms with Crippen LogP contribution in [0.1, 0.15) is 37.4 Å². The molecule has 7 heteroatoms. The fraction of sp³-hybridized carbons (Fsp3) is 0.429. The van der Waals surface area contributed by atoms with Crippen molar-refractivity contribution >= 4 is 17.5 Å². The Labute approximate surface area is 119 Å². The first-order valence-corrected chi connectivity index (χ1v) is 6.56. The summed E-state index contributed by atoms with van der Waals surface area (Å²) in [4.78, 5) is 24.6. The molecule has 0 aromatic heterocycles. The van der Waals surface area contributed by atoms with Crippen LogP contribution >= 0.6 is 0 Å². The third kappa shape index (κ3) is 2.72. The lowest BCUT2D eigenvalue weighted by molar-refractivity contribution is -0.137. The van der Waals surface area contributed by atoms with E-state index in [1.165, 1.54) is 19.1 Å². The first-order chi connectivity index (χ1) is 9.77. The summed E-state index contributed by atoms with van der Waals surface area (Å²) in [5.74, 6) is -0.992. The maximum absolute atomic E-state index is 13.1. The van der Waals surface area contributed by atoms with Gasteiger partial charge in [-0.25, -0.2) is 0 Å². The highest BCUT2D eigenvalue weighted by molar-refractivity contribution is 6.07. The number of hydrogen-bond donors (Lipinski definition) is 1. The van der Waals surface area contributed by atoms with Crippen LogP contribution in [0, 0.1) is 0 Å². The van der Waals surface area contributed by atoms with Crippen LogP contribution in [0.2, 0.25) is 0 Å². The lowest BCUT2D eigenvalue weighted by Crippen LogP contribution is -2.37. The number of anilines is 1. The molecule has 1 aliphatic rings. The number of rotatable bonds is 3. The summed E-state index contributed by atoms with van der Waals surface area (Å²) in [6.07, 6.45) is -4.03. The first-order valence-electron chi connectivity index (χ1n) is 6.56. The highest BCUT2D eigenvalue weighted by Crippen LogP contribution is 2.45. The molecule has 114 valence electrons. The minimum absolute atomic E-state index is 0.143. The van der Waals surface area contributed by atoms with E-state index in [4.69, 9.17) is 0 Å². The highest BCUT2D eigenvalue weighted by Gasteiger charge is 2.44. The smallest absolute Gasteiger partial charge is 0.341 e. The van der Waals surface area contributed by atoms with Gasteiger partial charge in [0.1, 0.15) is 6.04 Å². The lowest BCUT2D eigenvalue weighted by Gasteiger charge is -2.20. The summed E-state index contributed by atoms with van der Waals surface area (Å²) >= 11 is 0. The number of carbonyl (C=O) groups excluding carboxylic acids is 2. The summed E-state index contributed by atoms with van der Waals surface area (Å²) in [5, 5.41) is 2.42. The van der Waals surface area contributed by atoms with Crippen molar-refractivity contribution in [3.8, 4) is 0 Å². The number of para-hydroxylation sites is 1. The molecule has 1 unspecified atom stereocenters. The number of amides is 2. The van der Waals surface area contributed by atoms with Crippen molar-refractivity contribution in [1.29, 1.82) is 0 Å². The second-order valence-electron chi connectivity index (χ2n) is 4.86. The van der Waals surface area contributed by atoms with Gasteiger partial charge < -0.3 is 10.2 Å². The molecule has 21 heavy (non-hydrogen) atoms. The van der Waals surface area contributed by atoms with Crippen molar-refractivity contribution < 1.29 is 22.8 Å². The lowest BCUT2D eigenvalue weighted by atomic mass is 10.0. The van der Waals surface area contributed by atoms with E-state index in [0.29, 0.717) is 6.42 Å². The second-order valence-corrected chi connectivity index (χ2v) is 4.86. The molecule has 1 heterocycles. The van der Waals surface area contributed by atoms with E-state index in [1.807, 2.05) is 0 Å². The molecular formula is C14H15F3N2O2. The van der Waals surface area contributed by atoms with Gasteiger partial charge in [0.25, 0.3) is 5.91 Å². The number of alkyl halides is 3. The monoisotopic (exact) mass is 300 g/mol. The molecule has 4 nitrogen and oxygen atoms in total. The molecule has 2 amide bonds. The van der Waals surface area contributed by atoms with Crippen LogP contribution in [0.5, 0.6) is 0 Å². The molecule has 0 saturated heterocycles. The van der Waals surface area contributed by atoms with Crippen molar-refractivity contribution in [3.05, 3.63) is 29.3 Å². The van der Waals surface area contributed by atoms with E-state index in [2.05, 4.69) is 5.32 Å². The average molecular weight is 300 g/mol.